The Balaban J connectivity index is 2.22. The molecule has 0 spiro atoms. The third-order valence-corrected chi connectivity index (χ3v) is 4.98. The Morgan fingerprint density at radius 1 is 1.62 bits per heavy atom. The Morgan fingerprint density at radius 2 is 2.38 bits per heavy atom. The third kappa shape index (κ3) is 2.12. The predicted octanol–water partition coefficient (Wildman–Crippen LogP) is 0.115. The van der Waals surface area contributed by atoms with Crippen LogP contribution in [0.5, 0.6) is 0 Å². The maximum atomic E-state index is 11.5. The van der Waals surface area contributed by atoms with Crippen LogP contribution in [0.1, 0.15) is 18.3 Å². The van der Waals surface area contributed by atoms with E-state index in [-0.39, 0.29) is 17.7 Å². The van der Waals surface area contributed by atoms with Gasteiger partial charge in [-0.05, 0) is 19.4 Å². The van der Waals surface area contributed by atoms with Gasteiger partial charge in [-0.2, -0.15) is 0 Å². The molecule has 1 saturated heterocycles. The predicted molar refractivity (Wildman–Crippen MR) is 61.8 cm³/mol. The largest absolute Gasteiger partial charge is 0.337 e. The minimum atomic E-state index is -2.83. The number of rotatable bonds is 3. The SMILES string of the molecule is CNC(c1nccn1C)C1CCS(=O)(=O)C1. The van der Waals surface area contributed by atoms with Crippen molar-refractivity contribution >= 4 is 9.84 Å². The van der Waals surface area contributed by atoms with Crippen LogP contribution in [0, 0.1) is 5.92 Å². The molecule has 0 bridgehead atoms. The second kappa shape index (κ2) is 4.18. The summed E-state index contributed by atoms with van der Waals surface area (Å²) in [4.78, 5) is 4.28. The average molecular weight is 243 g/mol. The molecule has 5 nitrogen and oxygen atoms in total. The van der Waals surface area contributed by atoms with E-state index in [4.69, 9.17) is 0 Å². The second-order valence-electron chi connectivity index (χ2n) is 4.33. The van der Waals surface area contributed by atoms with E-state index in [0.717, 1.165) is 12.2 Å². The molecule has 90 valence electrons. The average Bonchev–Trinajstić information content (AvgIpc) is 2.76. The maximum Gasteiger partial charge on any atom is 0.150 e. The summed E-state index contributed by atoms with van der Waals surface area (Å²) in [7, 11) is 0.947. The summed E-state index contributed by atoms with van der Waals surface area (Å²) in [6.45, 7) is 0. The molecule has 0 saturated carbocycles. The standard InChI is InChI=1S/C10H17N3O2S/c1-11-9(10-12-4-5-13(10)2)8-3-6-16(14,15)7-8/h4-5,8-9,11H,3,6-7H2,1-2H3. The van der Waals surface area contributed by atoms with E-state index in [2.05, 4.69) is 10.3 Å². The Bertz CT molecular complexity index is 466. The van der Waals surface area contributed by atoms with Crippen molar-refractivity contribution in [3.8, 4) is 0 Å². The zero-order valence-electron chi connectivity index (χ0n) is 9.55. The van der Waals surface area contributed by atoms with Crippen molar-refractivity contribution in [3.63, 3.8) is 0 Å². The van der Waals surface area contributed by atoms with Crippen molar-refractivity contribution in [1.29, 1.82) is 0 Å². The van der Waals surface area contributed by atoms with Gasteiger partial charge in [0, 0.05) is 19.4 Å². The van der Waals surface area contributed by atoms with Crippen molar-refractivity contribution in [3.05, 3.63) is 18.2 Å². The van der Waals surface area contributed by atoms with Crippen molar-refractivity contribution < 1.29 is 8.42 Å². The lowest BCUT2D eigenvalue weighted by Gasteiger charge is -2.21. The normalized spacial score (nSPS) is 25.8. The molecule has 2 unspecified atom stereocenters. The topological polar surface area (TPSA) is 64.0 Å². The highest BCUT2D eigenvalue weighted by molar-refractivity contribution is 7.91. The number of nitrogens with one attached hydrogen (secondary N) is 1. The summed E-state index contributed by atoms with van der Waals surface area (Å²) < 4.78 is 24.9. The molecule has 1 aromatic heterocycles. The lowest BCUT2D eigenvalue weighted by molar-refractivity contribution is 0.392. The lowest BCUT2D eigenvalue weighted by atomic mass is 9.99. The summed E-state index contributed by atoms with van der Waals surface area (Å²) in [6.07, 6.45) is 4.34. The van der Waals surface area contributed by atoms with Crippen LogP contribution in [0.15, 0.2) is 12.4 Å². The van der Waals surface area contributed by atoms with Crippen LogP contribution in [0.3, 0.4) is 0 Å². The molecule has 1 aliphatic rings. The number of nitrogens with zero attached hydrogens (tertiary/aromatic N) is 2. The molecular weight excluding hydrogens is 226 g/mol. The van der Waals surface area contributed by atoms with Crippen LogP contribution in [0.4, 0.5) is 0 Å². The Labute approximate surface area is 95.8 Å². The minimum absolute atomic E-state index is 0.0253. The fourth-order valence-corrected chi connectivity index (χ4v) is 4.18. The molecule has 16 heavy (non-hydrogen) atoms. The van der Waals surface area contributed by atoms with Crippen molar-refractivity contribution in [2.45, 2.75) is 12.5 Å². The summed E-state index contributed by atoms with van der Waals surface area (Å²) in [5, 5.41) is 3.18. The molecule has 2 atom stereocenters. The van der Waals surface area contributed by atoms with E-state index in [1.165, 1.54) is 0 Å². The van der Waals surface area contributed by atoms with Gasteiger partial charge in [0.05, 0.1) is 17.5 Å². The number of aryl methyl sites for hydroxylation is 1. The summed E-state index contributed by atoms with van der Waals surface area (Å²) in [6, 6.07) is 0.0253. The molecule has 1 fully saturated rings. The van der Waals surface area contributed by atoms with Gasteiger partial charge in [0.25, 0.3) is 0 Å². The van der Waals surface area contributed by atoms with Gasteiger partial charge in [0.15, 0.2) is 9.84 Å². The molecule has 0 amide bonds. The molecule has 0 aliphatic carbocycles. The summed E-state index contributed by atoms with van der Waals surface area (Å²) in [5.41, 5.74) is 0. The first-order chi connectivity index (χ1) is 7.53. The molecule has 1 aromatic rings. The molecule has 6 heteroatoms. The summed E-state index contributed by atoms with van der Waals surface area (Å²) >= 11 is 0. The Morgan fingerprint density at radius 3 is 2.81 bits per heavy atom. The van der Waals surface area contributed by atoms with Crippen LogP contribution in [0.2, 0.25) is 0 Å². The number of sulfone groups is 1. The molecule has 1 N–H and O–H groups in total. The van der Waals surface area contributed by atoms with Crippen LogP contribution in [0.25, 0.3) is 0 Å². The van der Waals surface area contributed by atoms with Gasteiger partial charge in [-0.3, -0.25) is 0 Å². The van der Waals surface area contributed by atoms with E-state index >= 15 is 0 Å². The molecule has 0 radical (unpaired) electrons. The Hall–Kier alpha value is -0.880. The van der Waals surface area contributed by atoms with Crippen molar-refractivity contribution in [1.82, 2.24) is 14.9 Å². The Kier molecular flexibility index (Phi) is 3.03. The fourth-order valence-electron chi connectivity index (χ4n) is 2.34. The van der Waals surface area contributed by atoms with Gasteiger partial charge in [0.1, 0.15) is 5.82 Å². The van der Waals surface area contributed by atoms with Gasteiger partial charge in [-0.15, -0.1) is 0 Å². The highest BCUT2D eigenvalue weighted by Crippen LogP contribution is 2.30. The number of aromatic nitrogens is 2. The highest BCUT2D eigenvalue weighted by atomic mass is 32.2. The van der Waals surface area contributed by atoms with Crippen molar-refractivity contribution in [2.75, 3.05) is 18.6 Å². The third-order valence-electron chi connectivity index (χ3n) is 3.19. The van der Waals surface area contributed by atoms with Gasteiger partial charge < -0.3 is 9.88 Å². The maximum absolute atomic E-state index is 11.5. The van der Waals surface area contributed by atoms with Gasteiger partial charge in [0.2, 0.25) is 0 Å². The van der Waals surface area contributed by atoms with E-state index in [1.54, 1.807) is 6.20 Å². The van der Waals surface area contributed by atoms with Gasteiger partial charge in [-0.1, -0.05) is 0 Å². The molecule has 1 aliphatic heterocycles. The first-order valence-corrected chi connectivity index (χ1v) is 7.20. The van der Waals surface area contributed by atoms with Gasteiger partial charge in [-0.25, -0.2) is 13.4 Å². The molecular formula is C10H17N3O2S. The first-order valence-electron chi connectivity index (χ1n) is 5.38. The molecule has 2 rings (SSSR count). The number of imidazole rings is 1. The number of hydrogen-bond donors (Lipinski definition) is 1. The quantitative estimate of drug-likeness (QED) is 0.818. The smallest absolute Gasteiger partial charge is 0.150 e. The number of hydrogen-bond acceptors (Lipinski definition) is 4. The van der Waals surface area contributed by atoms with Crippen LogP contribution >= 0.6 is 0 Å². The molecule has 0 aromatic carbocycles. The van der Waals surface area contributed by atoms with E-state index in [0.29, 0.717) is 5.75 Å². The van der Waals surface area contributed by atoms with Gasteiger partial charge >= 0.3 is 0 Å². The zero-order valence-corrected chi connectivity index (χ0v) is 10.4. The minimum Gasteiger partial charge on any atom is -0.337 e. The second-order valence-corrected chi connectivity index (χ2v) is 6.55. The first kappa shape index (κ1) is 11.6. The van der Waals surface area contributed by atoms with Crippen LogP contribution < -0.4 is 5.32 Å². The summed E-state index contributed by atoms with van der Waals surface area (Å²) in [5.74, 6) is 1.62. The zero-order chi connectivity index (χ0) is 11.8. The lowest BCUT2D eigenvalue weighted by Crippen LogP contribution is -2.28. The monoisotopic (exact) mass is 243 g/mol. The fraction of sp³-hybridized carbons (Fsp3) is 0.700. The van der Waals surface area contributed by atoms with E-state index in [1.807, 2.05) is 24.9 Å². The van der Waals surface area contributed by atoms with Crippen molar-refractivity contribution in [2.24, 2.45) is 13.0 Å². The van der Waals surface area contributed by atoms with E-state index in [9.17, 15) is 8.42 Å². The molecule has 2 heterocycles. The highest BCUT2D eigenvalue weighted by Gasteiger charge is 2.35. The van der Waals surface area contributed by atoms with Crippen LogP contribution in [-0.4, -0.2) is 36.5 Å². The van der Waals surface area contributed by atoms with E-state index < -0.39 is 9.84 Å². The van der Waals surface area contributed by atoms with Crippen LogP contribution in [-0.2, 0) is 16.9 Å².